The number of carbonyl (C=O) groups excluding carboxylic acids is 2. The van der Waals surface area contributed by atoms with Crippen LogP contribution in [0, 0.1) is 0 Å². The number of anilines is 1. The number of rotatable bonds is 13. The first-order chi connectivity index (χ1) is 18.4. The summed E-state index contributed by atoms with van der Waals surface area (Å²) in [5, 5.41) is 10.3. The summed E-state index contributed by atoms with van der Waals surface area (Å²) in [4.78, 5) is 28.1. The lowest BCUT2D eigenvalue weighted by Crippen LogP contribution is -2.31. The van der Waals surface area contributed by atoms with Crippen molar-refractivity contribution in [3.8, 4) is 5.75 Å². The molecule has 0 bridgehead atoms. The Labute approximate surface area is 232 Å². The molecule has 0 aliphatic carbocycles. The molecule has 3 rings (SSSR count). The minimum Gasteiger partial charge on any atom is -0.497 e. The van der Waals surface area contributed by atoms with Gasteiger partial charge in [0.2, 0.25) is 0 Å². The fourth-order valence-corrected chi connectivity index (χ4v) is 4.07. The maximum atomic E-state index is 12.9. The van der Waals surface area contributed by atoms with Crippen LogP contribution < -0.4 is 20.8 Å². The van der Waals surface area contributed by atoms with E-state index < -0.39 is 5.91 Å². The molecule has 0 aliphatic rings. The Morgan fingerprint density at radius 3 is 2.34 bits per heavy atom. The Bertz CT molecular complexity index is 1230. The minimum atomic E-state index is -0.447. The highest BCUT2D eigenvalue weighted by Crippen LogP contribution is 2.22. The molecule has 0 radical (unpaired) electrons. The van der Waals surface area contributed by atoms with E-state index in [9.17, 15) is 9.59 Å². The molecule has 3 aromatic rings. The number of nitrogens with one attached hydrogen (secondary N) is 3. The standard InChI is InChI=1S/C29H34BrN5O3/c1-4-35(5-2)17-16-31-19-21-6-10-23(11-7-21)28(36)33-27-15-12-24(30)18-26(27)29(37)34-32-20-22-8-13-25(38-3)14-9-22/h6-15,18,20,31H,4-5,16-17,19H2,1-3H3,(H,33,36)(H,34,37). The summed E-state index contributed by atoms with van der Waals surface area (Å²) in [6, 6.07) is 19.8. The van der Waals surface area contributed by atoms with E-state index in [1.165, 1.54) is 6.21 Å². The molecule has 0 unspecified atom stereocenters. The summed E-state index contributed by atoms with van der Waals surface area (Å²) >= 11 is 3.39. The van der Waals surface area contributed by atoms with E-state index in [2.05, 4.69) is 55.8 Å². The highest BCUT2D eigenvalue weighted by atomic mass is 79.9. The van der Waals surface area contributed by atoms with Crippen molar-refractivity contribution in [2.45, 2.75) is 20.4 Å². The van der Waals surface area contributed by atoms with Gasteiger partial charge in [-0.15, -0.1) is 0 Å². The van der Waals surface area contributed by atoms with Gasteiger partial charge in [0.15, 0.2) is 0 Å². The van der Waals surface area contributed by atoms with E-state index >= 15 is 0 Å². The van der Waals surface area contributed by atoms with Crippen LogP contribution in [-0.2, 0) is 6.54 Å². The van der Waals surface area contributed by atoms with Crippen LogP contribution in [0.1, 0.15) is 45.7 Å². The molecule has 38 heavy (non-hydrogen) atoms. The lowest BCUT2D eigenvalue weighted by molar-refractivity contribution is 0.0956. The topological polar surface area (TPSA) is 95.1 Å². The fourth-order valence-electron chi connectivity index (χ4n) is 3.71. The third kappa shape index (κ3) is 8.79. The fraction of sp³-hybridized carbons (Fsp3) is 0.276. The van der Waals surface area contributed by atoms with E-state index in [0.717, 1.165) is 49.6 Å². The van der Waals surface area contributed by atoms with Crippen molar-refractivity contribution in [3.05, 3.63) is 93.5 Å². The van der Waals surface area contributed by atoms with Crippen LogP contribution in [0.4, 0.5) is 5.69 Å². The van der Waals surface area contributed by atoms with Crippen LogP contribution in [0.3, 0.4) is 0 Å². The summed E-state index contributed by atoms with van der Waals surface area (Å²) in [7, 11) is 1.60. The number of carbonyl (C=O) groups is 2. The predicted octanol–water partition coefficient (Wildman–Crippen LogP) is 4.91. The Morgan fingerprint density at radius 1 is 0.974 bits per heavy atom. The smallest absolute Gasteiger partial charge is 0.273 e. The Kier molecular flexibility index (Phi) is 11.5. The van der Waals surface area contributed by atoms with Crippen molar-refractivity contribution in [2.24, 2.45) is 5.10 Å². The largest absolute Gasteiger partial charge is 0.497 e. The van der Waals surface area contributed by atoms with Gasteiger partial charge in [0.25, 0.3) is 11.8 Å². The number of likely N-dealkylation sites (N-methyl/N-ethyl adjacent to an activating group) is 1. The first-order valence-electron chi connectivity index (χ1n) is 12.5. The average molecular weight is 581 g/mol. The Morgan fingerprint density at radius 2 is 1.68 bits per heavy atom. The first-order valence-corrected chi connectivity index (χ1v) is 13.3. The molecule has 2 amide bonds. The number of hydrogen-bond donors (Lipinski definition) is 3. The molecule has 0 aliphatic heterocycles. The van der Waals surface area contributed by atoms with Gasteiger partial charge in [0, 0.05) is 29.7 Å². The number of halogens is 1. The number of hydrogen-bond acceptors (Lipinski definition) is 6. The molecule has 0 saturated carbocycles. The van der Waals surface area contributed by atoms with Crippen molar-refractivity contribution in [1.82, 2.24) is 15.6 Å². The van der Waals surface area contributed by atoms with Crippen LogP contribution in [0.5, 0.6) is 5.75 Å². The number of amides is 2. The molecular formula is C29H34BrN5O3. The van der Waals surface area contributed by atoms with Crippen molar-refractivity contribution >= 4 is 39.6 Å². The second-order valence-corrected chi connectivity index (χ2v) is 9.43. The SMILES string of the molecule is CCN(CC)CCNCc1ccc(C(=O)Nc2ccc(Br)cc2C(=O)NN=Cc2ccc(OC)cc2)cc1. The van der Waals surface area contributed by atoms with Gasteiger partial charge in [-0.25, -0.2) is 5.43 Å². The summed E-state index contributed by atoms with van der Waals surface area (Å²) in [6.07, 6.45) is 1.54. The van der Waals surface area contributed by atoms with Crippen LogP contribution in [0.15, 0.2) is 76.3 Å². The Balaban J connectivity index is 1.59. The number of hydrazone groups is 1. The van der Waals surface area contributed by atoms with Crippen LogP contribution >= 0.6 is 15.9 Å². The molecule has 3 N–H and O–H groups in total. The van der Waals surface area contributed by atoms with Gasteiger partial charge < -0.3 is 20.3 Å². The van der Waals surface area contributed by atoms with Gasteiger partial charge in [-0.3, -0.25) is 9.59 Å². The average Bonchev–Trinajstić information content (AvgIpc) is 2.94. The van der Waals surface area contributed by atoms with Crippen LogP contribution in [-0.4, -0.2) is 56.2 Å². The van der Waals surface area contributed by atoms with Gasteiger partial charge in [-0.2, -0.15) is 5.10 Å². The quantitative estimate of drug-likeness (QED) is 0.152. The normalized spacial score (nSPS) is 11.1. The van der Waals surface area contributed by atoms with Crippen LogP contribution in [0.2, 0.25) is 0 Å². The van der Waals surface area contributed by atoms with Crippen molar-refractivity contribution in [3.63, 3.8) is 0 Å². The third-order valence-corrected chi connectivity index (χ3v) is 6.51. The van der Waals surface area contributed by atoms with Gasteiger partial charge in [-0.1, -0.05) is 41.9 Å². The summed E-state index contributed by atoms with van der Waals surface area (Å²) in [6.45, 7) is 9.05. The molecule has 0 aromatic heterocycles. The summed E-state index contributed by atoms with van der Waals surface area (Å²) in [5.74, 6) is -0.0143. The molecule has 0 saturated heterocycles. The maximum absolute atomic E-state index is 12.9. The molecule has 0 spiro atoms. The second-order valence-electron chi connectivity index (χ2n) is 8.52. The zero-order valence-electron chi connectivity index (χ0n) is 22.0. The molecule has 9 heteroatoms. The lowest BCUT2D eigenvalue weighted by Gasteiger charge is -2.18. The summed E-state index contributed by atoms with van der Waals surface area (Å²) < 4.78 is 5.85. The first kappa shape index (κ1) is 29.0. The second kappa shape index (κ2) is 15.0. The number of methoxy groups -OCH3 is 1. The van der Waals surface area contributed by atoms with E-state index in [1.807, 2.05) is 36.4 Å². The molecule has 8 nitrogen and oxygen atoms in total. The van der Waals surface area contributed by atoms with Gasteiger partial charge in [0.1, 0.15) is 5.75 Å². The van der Waals surface area contributed by atoms with Crippen molar-refractivity contribution < 1.29 is 14.3 Å². The predicted molar refractivity (Wildman–Crippen MR) is 156 cm³/mol. The van der Waals surface area contributed by atoms with E-state index in [0.29, 0.717) is 15.7 Å². The number of nitrogens with zero attached hydrogens (tertiary/aromatic N) is 2. The van der Waals surface area contributed by atoms with Gasteiger partial charge in [0.05, 0.1) is 24.6 Å². The summed E-state index contributed by atoms with van der Waals surface area (Å²) in [5.41, 5.74) is 5.59. The molecular weight excluding hydrogens is 546 g/mol. The zero-order valence-corrected chi connectivity index (χ0v) is 23.5. The van der Waals surface area contributed by atoms with E-state index in [4.69, 9.17) is 4.74 Å². The van der Waals surface area contributed by atoms with Crippen molar-refractivity contribution in [2.75, 3.05) is 38.6 Å². The Hall–Kier alpha value is -3.53. The highest BCUT2D eigenvalue weighted by molar-refractivity contribution is 9.10. The molecule has 0 atom stereocenters. The molecule has 200 valence electrons. The minimum absolute atomic E-state index is 0.286. The number of ether oxygens (including phenoxy) is 1. The highest BCUT2D eigenvalue weighted by Gasteiger charge is 2.15. The van der Waals surface area contributed by atoms with Crippen molar-refractivity contribution in [1.29, 1.82) is 0 Å². The van der Waals surface area contributed by atoms with Gasteiger partial charge in [-0.05, 0) is 78.8 Å². The lowest BCUT2D eigenvalue weighted by atomic mass is 10.1. The molecule has 0 heterocycles. The number of benzene rings is 3. The monoisotopic (exact) mass is 579 g/mol. The van der Waals surface area contributed by atoms with E-state index in [1.54, 1.807) is 37.4 Å². The van der Waals surface area contributed by atoms with Gasteiger partial charge >= 0.3 is 0 Å². The third-order valence-electron chi connectivity index (χ3n) is 6.01. The van der Waals surface area contributed by atoms with Crippen LogP contribution in [0.25, 0.3) is 0 Å². The molecule has 3 aromatic carbocycles. The molecule has 0 fully saturated rings. The van der Waals surface area contributed by atoms with E-state index in [-0.39, 0.29) is 11.5 Å². The zero-order chi connectivity index (χ0) is 27.3. The maximum Gasteiger partial charge on any atom is 0.273 e.